The molecule has 18 heteroatoms. The maximum Gasteiger partial charge on any atom is 0.338 e. The molecule has 114 heavy (non-hydrogen) atoms. The van der Waals surface area contributed by atoms with Gasteiger partial charge < -0.3 is 22.4 Å². The third-order valence-corrected chi connectivity index (χ3v) is 23.6. The number of nitrogens with zero attached hydrogens (tertiary/aromatic N) is 15. The van der Waals surface area contributed by atoms with E-state index in [9.17, 15) is 0 Å². The molecule has 0 bridgehead atoms. The van der Waals surface area contributed by atoms with Gasteiger partial charge in [-0.15, -0.1) is 0 Å². The summed E-state index contributed by atoms with van der Waals surface area (Å²) < 4.78 is 46.2. The van der Waals surface area contributed by atoms with Crippen LogP contribution >= 0.6 is 0 Å². The molecule has 0 spiro atoms. The second-order valence-electron chi connectivity index (χ2n) is 30.1. The van der Waals surface area contributed by atoms with Crippen molar-refractivity contribution in [2.75, 3.05) is 0 Å². The van der Waals surface area contributed by atoms with Crippen molar-refractivity contribution in [2.45, 2.75) is 97.9 Å². The van der Waals surface area contributed by atoms with Gasteiger partial charge in [0.2, 0.25) is 22.4 Å². The first-order valence-electron chi connectivity index (χ1n) is 38.3. The molecule has 0 saturated heterocycles. The van der Waals surface area contributed by atoms with Crippen LogP contribution in [0.2, 0.25) is 0 Å². The summed E-state index contributed by atoms with van der Waals surface area (Å²) in [6, 6.07) is 69.6. The van der Waals surface area contributed by atoms with E-state index >= 15 is 0 Å². The van der Waals surface area contributed by atoms with Gasteiger partial charge in [-0.3, -0.25) is 13.7 Å². The topological polar surface area (TPSA) is 125 Å². The first-order chi connectivity index (χ1) is 53.8. The van der Waals surface area contributed by atoms with Gasteiger partial charge in [0.1, 0.15) is 50.7 Å². The minimum atomic E-state index is 0. The molecule has 0 fully saturated rings. The van der Waals surface area contributed by atoms with Crippen molar-refractivity contribution >= 4 is 133 Å². The summed E-state index contributed by atoms with van der Waals surface area (Å²) in [5.41, 5.74) is 31.7. The minimum Gasteiger partial charge on any atom is -0.419 e. The van der Waals surface area contributed by atoms with Crippen LogP contribution in [0.25, 0.3) is 150 Å². The van der Waals surface area contributed by atoms with Crippen LogP contribution in [-0.4, -0.2) is 51.1 Å². The van der Waals surface area contributed by atoms with E-state index in [4.69, 9.17) is 23.2 Å². The zero-order valence-corrected chi connectivity index (χ0v) is 68.5. The first-order valence-corrected chi connectivity index (χ1v) is 38.3. The Hall–Kier alpha value is -13.0. The van der Waals surface area contributed by atoms with Crippen LogP contribution in [-0.2, 0) is 70.5 Å². The molecule has 9 aromatic carbocycles. The average Bonchev–Trinajstić information content (AvgIpc) is 1.56. The molecule has 12 heterocycles. The standard InChI is InChI=1S/C20H22N3.2C19H19N3.3C12H13N2O.2CH4/c1-13-9-8-10-14(2)18(13)23-17-12-7-6-11-16(17)19-20(23)22(5)15(3)21(19)4;1-12-8-7-9-13(2)18(12)22-14(3)20-17-15-10-5-6-11-16(15)21(4)19(17)22;1-12-8-7-9-13(2)17(12)22-14(3)20-19-18(22)15-10-5-6-11-16(15)21(19)4;1-8-13(2)12-11(15-8)9-6-4-5-7-10(9)14(12)3;2*1-8-13(2)11-9-6-4-5-7-10(9)15-12(11)14(8)3;;/h6-12H,1-5H3;2*5-11H,1-4H3;3*4-7H,1-3H3;2*1H4/q+1;;;3*+1;;. The van der Waals surface area contributed by atoms with Crippen molar-refractivity contribution in [3.05, 3.63) is 269 Å². The largest absolute Gasteiger partial charge is 0.419 e. The van der Waals surface area contributed by atoms with Crippen molar-refractivity contribution in [3.63, 3.8) is 0 Å². The van der Waals surface area contributed by atoms with Gasteiger partial charge in [-0.25, -0.2) is 32.8 Å². The molecule has 18 nitrogen and oxygen atoms in total. The van der Waals surface area contributed by atoms with E-state index in [1.54, 1.807) is 0 Å². The summed E-state index contributed by atoms with van der Waals surface area (Å²) in [6.07, 6.45) is 0. The lowest BCUT2D eigenvalue weighted by atomic mass is 10.1. The molecule has 0 unspecified atom stereocenters. The number of furan rings is 2. The number of hydrogen-bond acceptors (Lipinski definition) is 5. The Bertz CT molecular complexity index is 7110. The van der Waals surface area contributed by atoms with Gasteiger partial charge >= 0.3 is 17.1 Å². The summed E-state index contributed by atoms with van der Waals surface area (Å²) in [6.45, 7) is 25.5. The molecular formula is C96H107N15O3+4. The van der Waals surface area contributed by atoms with Gasteiger partial charge in [0.05, 0.1) is 106 Å². The first kappa shape index (κ1) is 77.8. The fraction of sp³-hybridized carbons (Fsp3) is 0.250. The summed E-state index contributed by atoms with van der Waals surface area (Å²) >= 11 is 0. The highest BCUT2D eigenvalue weighted by Gasteiger charge is 2.31. The molecule has 12 aromatic heterocycles. The Morgan fingerprint density at radius 1 is 0.289 bits per heavy atom. The van der Waals surface area contributed by atoms with Gasteiger partial charge in [-0.1, -0.05) is 154 Å². The maximum absolute atomic E-state index is 5.83. The van der Waals surface area contributed by atoms with Crippen LogP contribution in [0.5, 0.6) is 0 Å². The van der Waals surface area contributed by atoms with E-state index in [1.165, 1.54) is 150 Å². The lowest BCUT2D eigenvalue weighted by Crippen LogP contribution is -2.32. The fourth-order valence-corrected chi connectivity index (χ4v) is 17.2. The number of imidazole rings is 5. The lowest BCUT2D eigenvalue weighted by molar-refractivity contribution is -0.659. The van der Waals surface area contributed by atoms with Gasteiger partial charge in [0, 0.05) is 52.6 Å². The number of aromatic nitrogens is 15. The predicted octanol–water partition coefficient (Wildman–Crippen LogP) is 20.2. The van der Waals surface area contributed by atoms with Crippen LogP contribution in [0, 0.1) is 83.1 Å². The van der Waals surface area contributed by atoms with Crippen molar-refractivity contribution in [1.82, 2.24) is 51.1 Å². The maximum atomic E-state index is 5.83. The van der Waals surface area contributed by atoms with Crippen molar-refractivity contribution in [1.29, 1.82) is 0 Å². The smallest absolute Gasteiger partial charge is 0.338 e. The molecule has 21 aromatic rings. The number of aryl methyl sites for hydroxylation is 19. The van der Waals surface area contributed by atoms with Gasteiger partial charge in [0.25, 0.3) is 23.2 Å². The fourth-order valence-electron chi connectivity index (χ4n) is 17.2. The number of benzene rings is 9. The van der Waals surface area contributed by atoms with E-state index in [2.05, 4.69) is 337 Å². The van der Waals surface area contributed by atoms with E-state index < -0.39 is 0 Å². The molecule has 0 saturated carbocycles. The zero-order valence-electron chi connectivity index (χ0n) is 68.5. The Morgan fingerprint density at radius 3 is 1.15 bits per heavy atom. The van der Waals surface area contributed by atoms with Crippen LogP contribution in [0.15, 0.2) is 213 Å². The molecule has 0 aliphatic heterocycles. The number of fused-ring (bicyclic) bond motifs is 18. The number of para-hydroxylation sites is 9. The second kappa shape index (κ2) is 29.9. The lowest BCUT2D eigenvalue weighted by Gasteiger charge is -2.14. The van der Waals surface area contributed by atoms with Crippen LogP contribution in [0.4, 0.5) is 0 Å². The summed E-state index contributed by atoms with van der Waals surface area (Å²) in [4.78, 5) is 9.70. The summed E-state index contributed by atoms with van der Waals surface area (Å²) in [7, 11) is 20.8. The number of hydrogen-bond donors (Lipinski definition) is 0. The van der Waals surface area contributed by atoms with Crippen molar-refractivity contribution < 1.29 is 31.5 Å². The number of rotatable bonds is 3. The highest BCUT2D eigenvalue weighted by atomic mass is 16.4. The molecule has 580 valence electrons. The third kappa shape index (κ3) is 12.2. The van der Waals surface area contributed by atoms with E-state index in [1.807, 2.05) is 76.6 Å². The Morgan fingerprint density at radius 2 is 0.658 bits per heavy atom. The molecule has 0 aliphatic rings. The highest BCUT2D eigenvalue weighted by Crippen LogP contribution is 2.38. The normalized spacial score (nSPS) is 11.5. The number of oxazole rings is 1. The van der Waals surface area contributed by atoms with Crippen molar-refractivity contribution in [3.8, 4) is 17.1 Å². The highest BCUT2D eigenvalue weighted by molar-refractivity contribution is 6.09. The molecule has 0 amide bonds. The third-order valence-electron chi connectivity index (χ3n) is 23.6. The van der Waals surface area contributed by atoms with Gasteiger partial charge in [-0.2, -0.15) is 13.7 Å². The quantitative estimate of drug-likeness (QED) is 0.163. The minimum absolute atomic E-state index is 0. The Kier molecular flexibility index (Phi) is 20.4. The van der Waals surface area contributed by atoms with E-state index in [-0.39, 0.29) is 14.9 Å². The van der Waals surface area contributed by atoms with E-state index in [0.29, 0.717) is 0 Å². The summed E-state index contributed by atoms with van der Waals surface area (Å²) in [5.74, 6) is 6.62. The summed E-state index contributed by atoms with van der Waals surface area (Å²) in [5, 5.41) is 7.31. The Labute approximate surface area is 665 Å². The zero-order chi connectivity index (χ0) is 78.9. The van der Waals surface area contributed by atoms with Crippen LogP contribution in [0.1, 0.15) is 83.2 Å². The monoisotopic (exact) mass is 1520 g/mol. The van der Waals surface area contributed by atoms with Crippen molar-refractivity contribution in [2.24, 2.45) is 70.5 Å². The van der Waals surface area contributed by atoms with Crippen LogP contribution in [0.3, 0.4) is 0 Å². The molecular weight excluding hydrogens is 1410 g/mol. The second-order valence-corrected chi connectivity index (χ2v) is 30.1. The predicted molar refractivity (Wildman–Crippen MR) is 468 cm³/mol. The molecule has 0 aliphatic carbocycles. The SMILES string of the molecule is C.C.Cc1cccc(C)c1-n1c(C)nc2c1c1ccccc1n2C.Cc1cccc(C)c1-n1c(C)nc2c3ccccc3n(C)c21.Cc1cccc(C)c1-n1c2ccccc2c2c1[n+](C)c(C)n2C.Cc1n(C)c2c3ccccc3oc2[n+]1C.Cc1n(C)c2c3ccccc3oc2[n+]1C.Cc1oc2c3ccccc3n(C)c2[n+]1C. The van der Waals surface area contributed by atoms with Gasteiger partial charge in [0.15, 0.2) is 11.2 Å². The van der Waals surface area contributed by atoms with Gasteiger partial charge in [-0.05, 0) is 149 Å². The molecule has 0 atom stereocenters. The van der Waals surface area contributed by atoms with Crippen LogP contribution < -0.4 is 18.3 Å². The molecule has 21 rings (SSSR count). The molecule has 0 N–H and O–H groups in total. The average molecular weight is 1520 g/mol. The van der Waals surface area contributed by atoms with E-state index in [0.717, 1.165) is 68.2 Å². The Balaban J connectivity index is 0.000000114. The molecule has 0 radical (unpaired) electrons.